The van der Waals surface area contributed by atoms with E-state index in [-0.39, 0.29) is 0 Å². The molecule has 5 heteroatoms. The van der Waals surface area contributed by atoms with E-state index >= 15 is 0 Å². The van der Waals surface area contributed by atoms with Crippen molar-refractivity contribution >= 4 is 5.69 Å². The minimum absolute atomic E-state index is 0.298. The number of nitriles is 1. The van der Waals surface area contributed by atoms with Crippen molar-refractivity contribution in [2.75, 3.05) is 58.3 Å². The normalized spacial score (nSPS) is 25.3. The van der Waals surface area contributed by atoms with E-state index in [9.17, 15) is 0 Å². The maximum absolute atomic E-state index is 8.91. The molecule has 22 heavy (non-hydrogen) atoms. The fourth-order valence-corrected chi connectivity index (χ4v) is 3.32. The third-order valence-electron chi connectivity index (χ3n) is 4.61. The van der Waals surface area contributed by atoms with Crippen LogP contribution in [-0.2, 0) is 4.74 Å². The van der Waals surface area contributed by atoms with E-state index in [4.69, 9.17) is 10.00 Å². The highest BCUT2D eigenvalue weighted by Gasteiger charge is 2.39. The van der Waals surface area contributed by atoms with Crippen molar-refractivity contribution < 1.29 is 4.74 Å². The predicted octanol–water partition coefficient (Wildman–Crippen LogP) is 1.01. The highest BCUT2D eigenvalue weighted by Crippen LogP contribution is 2.27. The second kappa shape index (κ2) is 6.66. The van der Waals surface area contributed by atoms with Crippen LogP contribution in [0.4, 0.5) is 5.69 Å². The molecule has 2 aliphatic rings. The van der Waals surface area contributed by atoms with Crippen LogP contribution in [0.15, 0.2) is 24.3 Å². The van der Waals surface area contributed by atoms with Crippen molar-refractivity contribution in [1.82, 2.24) is 9.80 Å². The predicted molar refractivity (Wildman–Crippen MR) is 87.0 cm³/mol. The van der Waals surface area contributed by atoms with Gasteiger partial charge in [0, 0.05) is 38.4 Å². The lowest BCUT2D eigenvalue weighted by Crippen LogP contribution is -2.52. The topological polar surface area (TPSA) is 42.7 Å². The maximum atomic E-state index is 8.91. The number of rotatable bonds is 4. The SMILES string of the molecule is CN(C)CCN1CCO[C@@H]2CN(c3ccc(C#N)cc3)C[C@@H]21. The fraction of sp³-hybridized carbons (Fsp3) is 0.588. The Morgan fingerprint density at radius 3 is 2.73 bits per heavy atom. The molecule has 0 amide bonds. The van der Waals surface area contributed by atoms with E-state index in [1.807, 2.05) is 24.3 Å². The van der Waals surface area contributed by atoms with Crippen molar-refractivity contribution in [3.63, 3.8) is 0 Å². The smallest absolute Gasteiger partial charge is 0.0991 e. The van der Waals surface area contributed by atoms with Crippen LogP contribution >= 0.6 is 0 Å². The lowest BCUT2D eigenvalue weighted by atomic mass is 10.1. The summed E-state index contributed by atoms with van der Waals surface area (Å²) in [5.41, 5.74) is 1.90. The molecular formula is C17H24N4O. The molecule has 0 bridgehead atoms. The van der Waals surface area contributed by atoms with Crippen LogP contribution in [0.25, 0.3) is 0 Å². The van der Waals surface area contributed by atoms with Gasteiger partial charge in [0.15, 0.2) is 0 Å². The molecular weight excluding hydrogens is 276 g/mol. The zero-order valence-electron chi connectivity index (χ0n) is 13.4. The number of likely N-dealkylation sites (N-methyl/N-ethyl adjacent to an activating group) is 1. The molecule has 5 nitrogen and oxygen atoms in total. The maximum Gasteiger partial charge on any atom is 0.0991 e. The van der Waals surface area contributed by atoms with Crippen molar-refractivity contribution in [1.29, 1.82) is 5.26 Å². The fourth-order valence-electron chi connectivity index (χ4n) is 3.32. The van der Waals surface area contributed by atoms with Gasteiger partial charge in [-0.05, 0) is 38.4 Å². The first-order valence-corrected chi connectivity index (χ1v) is 7.93. The minimum Gasteiger partial charge on any atom is -0.373 e. The van der Waals surface area contributed by atoms with E-state index in [0.29, 0.717) is 17.7 Å². The summed E-state index contributed by atoms with van der Waals surface area (Å²) in [7, 11) is 4.24. The molecule has 3 rings (SSSR count). The summed E-state index contributed by atoms with van der Waals surface area (Å²) in [6.07, 6.45) is 0.298. The van der Waals surface area contributed by atoms with Gasteiger partial charge in [0.2, 0.25) is 0 Å². The number of ether oxygens (including phenoxy) is 1. The van der Waals surface area contributed by atoms with Gasteiger partial charge in [-0.2, -0.15) is 5.26 Å². The van der Waals surface area contributed by atoms with Crippen LogP contribution in [0.2, 0.25) is 0 Å². The highest BCUT2D eigenvalue weighted by atomic mass is 16.5. The van der Waals surface area contributed by atoms with Crippen molar-refractivity contribution in [3.05, 3.63) is 29.8 Å². The van der Waals surface area contributed by atoms with Gasteiger partial charge >= 0.3 is 0 Å². The Morgan fingerprint density at radius 1 is 1.27 bits per heavy atom. The number of anilines is 1. The summed E-state index contributed by atoms with van der Waals surface area (Å²) in [6, 6.07) is 10.5. The van der Waals surface area contributed by atoms with Gasteiger partial charge in [-0.25, -0.2) is 0 Å². The van der Waals surface area contributed by atoms with Gasteiger partial charge in [-0.15, -0.1) is 0 Å². The molecule has 0 aliphatic carbocycles. The lowest BCUT2D eigenvalue weighted by molar-refractivity contribution is -0.0478. The number of hydrogen-bond donors (Lipinski definition) is 0. The van der Waals surface area contributed by atoms with E-state index in [0.717, 1.165) is 39.3 Å². The Balaban J connectivity index is 1.67. The van der Waals surface area contributed by atoms with Crippen molar-refractivity contribution in [2.45, 2.75) is 12.1 Å². The molecule has 1 aromatic rings. The second-order valence-corrected chi connectivity index (χ2v) is 6.38. The average Bonchev–Trinajstić information content (AvgIpc) is 2.97. The number of nitrogens with zero attached hydrogens (tertiary/aromatic N) is 4. The second-order valence-electron chi connectivity index (χ2n) is 6.38. The molecule has 2 saturated heterocycles. The summed E-state index contributed by atoms with van der Waals surface area (Å²) in [5.74, 6) is 0. The molecule has 118 valence electrons. The standard InChI is InChI=1S/C17H24N4O/c1-19(2)7-8-20-9-10-22-17-13-21(12-16(17)20)15-5-3-14(11-18)4-6-15/h3-6,16-17H,7-10,12-13H2,1-2H3/t16-,17+/m0/s1. The molecule has 0 aromatic heterocycles. The van der Waals surface area contributed by atoms with E-state index in [1.54, 1.807) is 0 Å². The first-order chi connectivity index (χ1) is 10.7. The van der Waals surface area contributed by atoms with Crippen molar-refractivity contribution in [2.24, 2.45) is 0 Å². The summed E-state index contributed by atoms with van der Waals surface area (Å²) in [6.45, 7) is 5.98. The van der Waals surface area contributed by atoms with Gasteiger partial charge in [-0.3, -0.25) is 4.90 Å². The van der Waals surface area contributed by atoms with E-state index < -0.39 is 0 Å². The quantitative estimate of drug-likeness (QED) is 0.830. The van der Waals surface area contributed by atoms with Crippen LogP contribution in [-0.4, -0.2) is 75.4 Å². The lowest BCUT2D eigenvalue weighted by Gasteiger charge is -2.37. The Labute approximate surface area is 132 Å². The summed E-state index contributed by atoms with van der Waals surface area (Å²) < 4.78 is 5.99. The Bertz CT molecular complexity index is 537. The third kappa shape index (κ3) is 3.25. The van der Waals surface area contributed by atoms with Gasteiger partial charge in [0.25, 0.3) is 0 Å². The molecule has 2 fully saturated rings. The molecule has 0 saturated carbocycles. The minimum atomic E-state index is 0.298. The Morgan fingerprint density at radius 2 is 2.05 bits per heavy atom. The van der Waals surface area contributed by atoms with Crippen LogP contribution in [0.3, 0.4) is 0 Å². The molecule has 2 heterocycles. The van der Waals surface area contributed by atoms with Gasteiger partial charge in [0.05, 0.1) is 30.4 Å². The zero-order valence-corrected chi connectivity index (χ0v) is 13.4. The average molecular weight is 300 g/mol. The van der Waals surface area contributed by atoms with Crippen LogP contribution in [0.1, 0.15) is 5.56 Å². The molecule has 0 radical (unpaired) electrons. The molecule has 2 aliphatic heterocycles. The summed E-state index contributed by atoms with van der Waals surface area (Å²) >= 11 is 0. The van der Waals surface area contributed by atoms with E-state index in [2.05, 4.69) is 34.9 Å². The molecule has 0 unspecified atom stereocenters. The first-order valence-electron chi connectivity index (χ1n) is 7.93. The van der Waals surface area contributed by atoms with Gasteiger partial charge in [-0.1, -0.05) is 0 Å². The summed E-state index contributed by atoms with van der Waals surface area (Å²) in [4.78, 5) is 7.18. The molecule has 0 spiro atoms. The number of morpholine rings is 1. The first kappa shape index (κ1) is 15.3. The molecule has 2 atom stereocenters. The van der Waals surface area contributed by atoms with Crippen LogP contribution in [0, 0.1) is 11.3 Å². The van der Waals surface area contributed by atoms with Crippen LogP contribution < -0.4 is 4.90 Å². The van der Waals surface area contributed by atoms with Crippen LogP contribution in [0.5, 0.6) is 0 Å². The molecule has 1 aromatic carbocycles. The largest absolute Gasteiger partial charge is 0.373 e. The Kier molecular flexibility index (Phi) is 4.63. The third-order valence-corrected chi connectivity index (χ3v) is 4.61. The zero-order chi connectivity index (χ0) is 15.5. The monoisotopic (exact) mass is 300 g/mol. The highest BCUT2D eigenvalue weighted by molar-refractivity contribution is 5.51. The van der Waals surface area contributed by atoms with Gasteiger partial charge < -0.3 is 14.5 Å². The van der Waals surface area contributed by atoms with Crippen molar-refractivity contribution in [3.8, 4) is 6.07 Å². The molecule has 0 N–H and O–H groups in total. The number of benzene rings is 1. The van der Waals surface area contributed by atoms with E-state index in [1.165, 1.54) is 5.69 Å². The Hall–Kier alpha value is -1.61. The number of hydrogen-bond acceptors (Lipinski definition) is 5. The number of fused-ring (bicyclic) bond motifs is 1. The van der Waals surface area contributed by atoms with Gasteiger partial charge in [0.1, 0.15) is 0 Å². The summed E-state index contributed by atoms with van der Waals surface area (Å²) in [5, 5.41) is 8.91.